The van der Waals surface area contributed by atoms with Gasteiger partial charge in [0.05, 0.1) is 4.90 Å². The van der Waals surface area contributed by atoms with Crippen molar-refractivity contribution in [2.45, 2.75) is 38.0 Å². The number of anilines is 1. The van der Waals surface area contributed by atoms with Crippen molar-refractivity contribution in [3.8, 4) is 0 Å². The minimum Gasteiger partial charge on any atom is -0.398 e. The van der Waals surface area contributed by atoms with E-state index in [0.717, 1.165) is 24.8 Å². The highest BCUT2D eigenvalue weighted by Crippen LogP contribution is 2.29. The number of benzene rings is 1. The van der Waals surface area contributed by atoms with Crippen molar-refractivity contribution >= 4 is 27.3 Å². The molecule has 0 aromatic heterocycles. The van der Waals surface area contributed by atoms with Gasteiger partial charge in [-0.3, -0.25) is 0 Å². The van der Waals surface area contributed by atoms with Gasteiger partial charge < -0.3 is 5.73 Å². The standard InChI is InChI=1S/C14H21ClN2O2S/c1-10-4-3-6-17(7-5-10)20(18,19)12-8-13(15)11(2)14(16)9-12/h8-10H,3-7,16H2,1-2H3. The minimum absolute atomic E-state index is 0.195. The topological polar surface area (TPSA) is 63.4 Å². The minimum atomic E-state index is -3.50. The lowest BCUT2D eigenvalue weighted by molar-refractivity contribution is 0.417. The van der Waals surface area contributed by atoms with Gasteiger partial charge in [0.15, 0.2) is 0 Å². The molecule has 1 saturated heterocycles. The largest absolute Gasteiger partial charge is 0.398 e. The first-order valence-corrected chi connectivity index (χ1v) is 8.70. The van der Waals surface area contributed by atoms with Gasteiger partial charge in [0.25, 0.3) is 0 Å². The third-order valence-corrected chi connectivity index (χ3v) is 6.24. The van der Waals surface area contributed by atoms with E-state index in [2.05, 4.69) is 6.92 Å². The van der Waals surface area contributed by atoms with E-state index < -0.39 is 10.0 Å². The van der Waals surface area contributed by atoms with Gasteiger partial charge in [-0.25, -0.2) is 8.42 Å². The monoisotopic (exact) mass is 316 g/mol. The fourth-order valence-electron chi connectivity index (χ4n) is 2.45. The molecule has 1 heterocycles. The summed E-state index contributed by atoms with van der Waals surface area (Å²) in [6, 6.07) is 3.00. The van der Waals surface area contributed by atoms with Crippen LogP contribution in [0.1, 0.15) is 31.7 Å². The number of hydrogen-bond acceptors (Lipinski definition) is 3. The van der Waals surface area contributed by atoms with Crippen LogP contribution in [0.4, 0.5) is 5.69 Å². The summed E-state index contributed by atoms with van der Waals surface area (Å²) in [6.45, 7) is 5.07. The van der Waals surface area contributed by atoms with Crippen LogP contribution in [0.3, 0.4) is 0 Å². The Morgan fingerprint density at radius 1 is 1.30 bits per heavy atom. The molecule has 0 bridgehead atoms. The van der Waals surface area contributed by atoms with E-state index in [-0.39, 0.29) is 4.90 Å². The molecule has 112 valence electrons. The second-order valence-electron chi connectivity index (χ2n) is 5.56. The van der Waals surface area contributed by atoms with Crippen LogP contribution in [0, 0.1) is 12.8 Å². The van der Waals surface area contributed by atoms with Crippen LogP contribution in [0.5, 0.6) is 0 Å². The molecular weight excluding hydrogens is 296 g/mol. The van der Waals surface area contributed by atoms with Gasteiger partial charge in [-0.1, -0.05) is 18.5 Å². The molecule has 2 rings (SSSR count). The quantitative estimate of drug-likeness (QED) is 0.853. The third-order valence-electron chi connectivity index (χ3n) is 3.97. The van der Waals surface area contributed by atoms with Crippen LogP contribution >= 0.6 is 11.6 Å². The molecule has 1 unspecified atom stereocenters. The van der Waals surface area contributed by atoms with E-state index in [0.29, 0.717) is 29.7 Å². The smallest absolute Gasteiger partial charge is 0.243 e. The maximum atomic E-state index is 12.7. The summed E-state index contributed by atoms with van der Waals surface area (Å²) in [5.41, 5.74) is 6.97. The molecule has 0 amide bonds. The second kappa shape index (κ2) is 5.92. The number of nitrogen functional groups attached to an aromatic ring is 1. The fraction of sp³-hybridized carbons (Fsp3) is 0.571. The lowest BCUT2D eigenvalue weighted by Gasteiger charge is -2.21. The fourth-order valence-corrected chi connectivity index (χ4v) is 4.30. The van der Waals surface area contributed by atoms with Gasteiger partial charge in [-0.15, -0.1) is 0 Å². The molecule has 0 spiro atoms. The van der Waals surface area contributed by atoms with Crippen molar-refractivity contribution in [2.24, 2.45) is 5.92 Å². The van der Waals surface area contributed by atoms with Crippen LogP contribution in [0.2, 0.25) is 5.02 Å². The summed E-state index contributed by atoms with van der Waals surface area (Å²) in [6.07, 6.45) is 2.87. The van der Waals surface area contributed by atoms with Crippen LogP contribution in [-0.4, -0.2) is 25.8 Å². The Bertz CT molecular complexity index is 578. The summed E-state index contributed by atoms with van der Waals surface area (Å²) in [5.74, 6) is 0.571. The van der Waals surface area contributed by atoms with Gasteiger partial charge in [-0.05, 0) is 49.8 Å². The normalized spacial score (nSPS) is 21.6. The van der Waals surface area contributed by atoms with Gasteiger partial charge in [0.2, 0.25) is 10.0 Å². The zero-order chi connectivity index (χ0) is 14.9. The lowest BCUT2D eigenvalue weighted by Crippen LogP contribution is -2.32. The van der Waals surface area contributed by atoms with Crippen molar-refractivity contribution < 1.29 is 8.42 Å². The second-order valence-corrected chi connectivity index (χ2v) is 7.90. The summed E-state index contributed by atoms with van der Waals surface area (Å²) >= 11 is 6.06. The summed E-state index contributed by atoms with van der Waals surface area (Å²) in [5, 5.41) is 0.395. The molecule has 20 heavy (non-hydrogen) atoms. The highest BCUT2D eigenvalue weighted by Gasteiger charge is 2.27. The van der Waals surface area contributed by atoms with Crippen LogP contribution in [-0.2, 0) is 10.0 Å². The Hall–Kier alpha value is -0.780. The summed E-state index contributed by atoms with van der Waals surface area (Å²) < 4.78 is 26.9. The van der Waals surface area contributed by atoms with Crippen molar-refractivity contribution in [3.05, 3.63) is 22.7 Å². The van der Waals surface area contributed by atoms with Crippen LogP contribution in [0.15, 0.2) is 17.0 Å². The number of hydrogen-bond donors (Lipinski definition) is 1. The third kappa shape index (κ3) is 3.10. The number of nitrogens with zero attached hydrogens (tertiary/aromatic N) is 1. The molecule has 0 radical (unpaired) electrons. The zero-order valence-electron chi connectivity index (χ0n) is 11.9. The van der Waals surface area contributed by atoms with E-state index >= 15 is 0 Å². The Morgan fingerprint density at radius 3 is 2.65 bits per heavy atom. The molecule has 0 aliphatic carbocycles. The van der Waals surface area contributed by atoms with Crippen molar-refractivity contribution in [3.63, 3.8) is 0 Å². The van der Waals surface area contributed by atoms with E-state index in [4.69, 9.17) is 17.3 Å². The van der Waals surface area contributed by atoms with Crippen molar-refractivity contribution in [1.29, 1.82) is 0 Å². The molecular formula is C14H21ClN2O2S. The lowest BCUT2D eigenvalue weighted by atomic mass is 10.0. The van der Waals surface area contributed by atoms with Gasteiger partial charge in [0, 0.05) is 23.8 Å². The predicted octanol–water partition coefficient (Wildman–Crippen LogP) is 3.04. The van der Waals surface area contributed by atoms with E-state index in [1.807, 2.05) is 0 Å². The number of halogens is 1. The number of sulfonamides is 1. The average Bonchev–Trinajstić information content (AvgIpc) is 2.60. The van der Waals surface area contributed by atoms with Gasteiger partial charge >= 0.3 is 0 Å². The molecule has 0 saturated carbocycles. The molecule has 1 aromatic rings. The first-order valence-electron chi connectivity index (χ1n) is 6.88. The van der Waals surface area contributed by atoms with Crippen molar-refractivity contribution in [2.75, 3.05) is 18.8 Å². The first-order chi connectivity index (χ1) is 9.32. The molecule has 2 N–H and O–H groups in total. The Balaban J connectivity index is 2.35. The Morgan fingerprint density at radius 2 is 2.00 bits per heavy atom. The molecule has 6 heteroatoms. The van der Waals surface area contributed by atoms with E-state index in [9.17, 15) is 8.42 Å². The summed E-state index contributed by atoms with van der Waals surface area (Å²) in [7, 11) is -3.50. The Kier molecular flexibility index (Phi) is 4.62. The average molecular weight is 317 g/mol. The molecule has 1 aliphatic heterocycles. The molecule has 1 aromatic carbocycles. The predicted molar refractivity (Wildman–Crippen MR) is 82.4 cm³/mol. The highest BCUT2D eigenvalue weighted by molar-refractivity contribution is 7.89. The molecule has 1 atom stereocenters. The van der Waals surface area contributed by atoms with Crippen LogP contribution in [0.25, 0.3) is 0 Å². The Labute approximate surface area is 126 Å². The van der Waals surface area contributed by atoms with Crippen molar-refractivity contribution in [1.82, 2.24) is 4.31 Å². The van der Waals surface area contributed by atoms with Crippen LogP contribution < -0.4 is 5.73 Å². The molecule has 4 nitrogen and oxygen atoms in total. The van der Waals surface area contributed by atoms with Gasteiger partial charge in [-0.2, -0.15) is 4.31 Å². The van der Waals surface area contributed by atoms with E-state index in [1.165, 1.54) is 12.1 Å². The van der Waals surface area contributed by atoms with E-state index in [1.54, 1.807) is 11.2 Å². The molecule has 1 fully saturated rings. The SMILES string of the molecule is Cc1c(N)cc(S(=O)(=O)N2CCCC(C)CC2)cc1Cl. The first kappa shape index (κ1) is 15.6. The van der Waals surface area contributed by atoms with Gasteiger partial charge in [0.1, 0.15) is 0 Å². The number of rotatable bonds is 2. The zero-order valence-corrected chi connectivity index (χ0v) is 13.5. The maximum absolute atomic E-state index is 12.7. The maximum Gasteiger partial charge on any atom is 0.243 e. The summed E-state index contributed by atoms with van der Waals surface area (Å²) in [4.78, 5) is 0.195. The molecule has 1 aliphatic rings. The highest BCUT2D eigenvalue weighted by atomic mass is 35.5. The number of nitrogens with two attached hydrogens (primary N) is 1.